The summed E-state index contributed by atoms with van der Waals surface area (Å²) < 4.78 is 0. The lowest BCUT2D eigenvalue weighted by atomic mass is 9.93. The molecule has 1 aliphatic heterocycles. The second-order valence-electron chi connectivity index (χ2n) is 13.3. The summed E-state index contributed by atoms with van der Waals surface area (Å²) in [5.74, 6) is 0. The summed E-state index contributed by atoms with van der Waals surface area (Å²) in [6.45, 7) is 20.6. The number of para-hydroxylation sites is 2. The van der Waals surface area contributed by atoms with Crippen molar-refractivity contribution in [2.45, 2.75) is 40.5 Å². The van der Waals surface area contributed by atoms with Gasteiger partial charge in [-0.1, -0.05) is 148 Å². The fourth-order valence-corrected chi connectivity index (χ4v) is 7.27. The summed E-state index contributed by atoms with van der Waals surface area (Å²) in [5.41, 5.74) is 18.7. The number of anilines is 4. The molecular formula is C52H50N2. The second kappa shape index (κ2) is 17.4. The van der Waals surface area contributed by atoms with Gasteiger partial charge in [0.2, 0.25) is 0 Å². The number of nitrogens with zero attached hydrogens (tertiary/aromatic N) is 1. The van der Waals surface area contributed by atoms with Gasteiger partial charge in [-0.05, 0) is 119 Å². The van der Waals surface area contributed by atoms with Crippen molar-refractivity contribution in [3.63, 3.8) is 0 Å². The van der Waals surface area contributed by atoms with Crippen molar-refractivity contribution in [2.75, 3.05) is 10.2 Å². The van der Waals surface area contributed by atoms with E-state index in [1.165, 1.54) is 50.2 Å². The van der Waals surface area contributed by atoms with Gasteiger partial charge in [0, 0.05) is 34.4 Å². The summed E-state index contributed by atoms with van der Waals surface area (Å²) in [7, 11) is 0. The van der Waals surface area contributed by atoms with E-state index in [1.54, 1.807) is 6.08 Å². The molecule has 6 aromatic rings. The minimum atomic E-state index is 0.925. The summed E-state index contributed by atoms with van der Waals surface area (Å²) in [6, 6.07) is 47.9. The normalized spacial score (nSPS) is 11.7. The van der Waals surface area contributed by atoms with Crippen LogP contribution < -0.4 is 10.2 Å². The molecule has 2 nitrogen and oxygen atoms in total. The molecule has 0 saturated heterocycles. The Kier molecular flexibility index (Phi) is 12.1. The molecule has 0 bridgehead atoms. The Labute approximate surface area is 322 Å². The minimum absolute atomic E-state index is 0.925. The Hall–Kier alpha value is -6.38. The minimum Gasteiger partial charge on any atom is -0.355 e. The smallest absolute Gasteiger partial charge is 0.0534 e. The van der Waals surface area contributed by atoms with Gasteiger partial charge in [0.25, 0.3) is 0 Å². The zero-order valence-corrected chi connectivity index (χ0v) is 32.1. The van der Waals surface area contributed by atoms with Crippen molar-refractivity contribution < 1.29 is 0 Å². The molecule has 0 atom stereocenters. The molecule has 0 spiro atoms. The lowest BCUT2D eigenvalue weighted by molar-refractivity contribution is 1.07. The third-order valence-corrected chi connectivity index (χ3v) is 9.84. The molecule has 0 unspecified atom stereocenters. The number of nitrogens with one attached hydrogen (secondary N) is 1. The highest BCUT2D eigenvalue weighted by atomic mass is 15.1. The quantitative estimate of drug-likeness (QED) is 0.107. The van der Waals surface area contributed by atoms with Crippen molar-refractivity contribution in [3.8, 4) is 33.4 Å². The van der Waals surface area contributed by atoms with Crippen LogP contribution in [0.2, 0.25) is 0 Å². The number of aryl methyl sites for hydroxylation is 2. The van der Waals surface area contributed by atoms with Gasteiger partial charge < -0.3 is 10.2 Å². The molecule has 54 heavy (non-hydrogen) atoms. The molecule has 7 rings (SSSR count). The second-order valence-corrected chi connectivity index (χ2v) is 13.3. The van der Waals surface area contributed by atoms with E-state index in [2.05, 4.69) is 183 Å². The van der Waals surface area contributed by atoms with Gasteiger partial charge in [-0.15, -0.1) is 6.58 Å². The van der Waals surface area contributed by atoms with Gasteiger partial charge in [0.05, 0.1) is 5.69 Å². The van der Waals surface area contributed by atoms with Crippen LogP contribution in [0.3, 0.4) is 0 Å². The summed E-state index contributed by atoms with van der Waals surface area (Å²) >= 11 is 0. The van der Waals surface area contributed by atoms with Crippen LogP contribution >= 0.6 is 0 Å². The van der Waals surface area contributed by atoms with E-state index in [-0.39, 0.29) is 0 Å². The fraction of sp³-hybridized carbons (Fsp3) is 0.115. The topological polar surface area (TPSA) is 15.3 Å². The van der Waals surface area contributed by atoms with E-state index in [0.29, 0.717) is 0 Å². The number of hydrogen-bond donors (Lipinski definition) is 1. The third-order valence-electron chi connectivity index (χ3n) is 9.84. The molecule has 0 aromatic heterocycles. The molecule has 6 aromatic carbocycles. The van der Waals surface area contributed by atoms with Crippen molar-refractivity contribution in [2.24, 2.45) is 0 Å². The number of allylic oxidation sites excluding steroid dienone is 6. The van der Waals surface area contributed by atoms with E-state index >= 15 is 0 Å². The van der Waals surface area contributed by atoms with Crippen LogP contribution in [0.4, 0.5) is 22.7 Å². The predicted molar refractivity (Wildman–Crippen MR) is 238 cm³/mol. The number of rotatable bonds is 11. The highest BCUT2D eigenvalue weighted by Gasteiger charge is 2.22. The first kappa shape index (κ1) is 37.4. The van der Waals surface area contributed by atoms with Crippen LogP contribution in [0.5, 0.6) is 0 Å². The molecule has 0 aliphatic carbocycles. The summed E-state index contributed by atoms with van der Waals surface area (Å²) in [4.78, 5) is 2.37. The van der Waals surface area contributed by atoms with E-state index in [0.717, 1.165) is 52.2 Å². The standard InChI is InChI=1S/C50H44N2.C2H6/c1-6-8-18-35(3)41-20-10-12-22-45(41)47-24-14-16-26-49(47)51-39-28-30-42(36(4)32-39)43-31-29-40(33-37(43)5)52-34-38(19-9-7-2)44-21-11-13-23-46(44)48-25-15-17-27-50(48)52;1-2/h6-8,10-18,20-34,51H,1-3,9,19H2,4-5H3;1-2H3/b18-8-;. The number of hydrogen-bond acceptors (Lipinski definition) is 2. The Morgan fingerprint density at radius 1 is 0.630 bits per heavy atom. The molecule has 1 aliphatic rings. The van der Waals surface area contributed by atoms with Crippen molar-refractivity contribution in [1.82, 2.24) is 0 Å². The van der Waals surface area contributed by atoms with Gasteiger partial charge >= 0.3 is 0 Å². The van der Waals surface area contributed by atoms with Crippen molar-refractivity contribution in [3.05, 3.63) is 206 Å². The Morgan fingerprint density at radius 2 is 1.24 bits per heavy atom. The van der Waals surface area contributed by atoms with Gasteiger partial charge in [0.1, 0.15) is 0 Å². The van der Waals surface area contributed by atoms with E-state index < -0.39 is 0 Å². The Morgan fingerprint density at radius 3 is 1.94 bits per heavy atom. The van der Waals surface area contributed by atoms with E-state index in [1.807, 2.05) is 32.1 Å². The Bertz CT molecular complexity index is 2370. The molecule has 0 radical (unpaired) electrons. The van der Waals surface area contributed by atoms with Gasteiger partial charge in [-0.2, -0.15) is 0 Å². The van der Waals surface area contributed by atoms with Crippen molar-refractivity contribution in [1.29, 1.82) is 0 Å². The maximum atomic E-state index is 4.32. The monoisotopic (exact) mass is 702 g/mol. The first-order valence-corrected chi connectivity index (χ1v) is 18.9. The average Bonchev–Trinajstić information content (AvgIpc) is 3.35. The number of fused-ring (bicyclic) bond motifs is 3. The lowest BCUT2D eigenvalue weighted by Crippen LogP contribution is -2.10. The molecule has 268 valence electrons. The van der Waals surface area contributed by atoms with Crippen molar-refractivity contribution >= 4 is 33.9 Å². The molecule has 0 amide bonds. The highest BCUT2D eigenvalue weighted by molar-refractivity contribution is 5.95. The molecule has 1 heterocycles. The van der Waals surface area contributed by atoms with E-state index in [9.17, 15) is 0 Å². The lowest BCUT2D eigenvalue weighted by Gasteiger charge is -2.24. The Balaban J connectivity index is 0.00000245. The van der Waals surface area contributed by atoms with Crippen LogP contribution in [0.15, 0.2) is 184 Å². The number of benzene rings is 6. The van der Waals surface area contributed by atoms with Gasteiger partial charge in [-0.3, -0.25) is 0 Å². The molecule has 0 fully saturated rings. The summed E-state index contributed by atoms with van der Waals surface area (Å²) in [6.07, 6.45) is 11.9. The predicted octanol–water partition coefficient (Wildman–Crippen LogP) is 15.3. The van der Waals surface area contributed by atoms with Crippen LogP contribution in [-0.2, 0) is 0 Å². The first-order chi connectivity index (χ1) is 26.5. The van der Waals surface area contributed by atoms with Crippen LogP contribution in [-0.4, -0.2) is 0 Å². The molecule has 0 saturated carbocycles. The zero-order valence-electron chi connectivity index (χ0n) is 32.1. The first-order valence-electron chi connectivity index (χ1n) is 18.9. The van der Waals surface area contributed by atoms with Gasteiger partial charge in [-0.25, -0.2) is 0 Å². The average molecular weight is 703 g/mol. The third kappa shape index (κ3) is 7.84. The zero-order chi connectivity index (χ0) is 38.0. The fourth-order valence-electron chi connectivity index (χ4n) is 7.27. The van der Waals surface area contributed by atoms with Gasteiger partial charge in [0.15, 0.2) is 0 Å². The van der Waals surface area contributed by atoms with Crippen LogP contribution in [0.1, 0.15) is 48.9 Å². The molecular weight excluding hydrogens is 653 g/mol. The van der Waals surface area contributed by atoms with Crippen LogP contribution in [0, 0.1) is 13.8 Å². The maximum Gasteiger partial charge on any atom is 0.0534 e. The molecule has 1 N–H and O–H groups in total. The van der Waals surface area contributed by atoms with E-state index in [4.69, 9.17) is 0 Å². The highest BCUT2D eigenvalue weighted by Crippen LogP contribution is 2.44. The largest absolute Gasteiger partial charge is 0.355 e. The maximum absolute atomic E-state index is 4.32. The molecule has 2 heteroatoms. The summed E-state index contributed by atoms with van der Waals surface area (Å²) in [5, 5.41) is 3.72. The SMILES string of the molecule is C=C/C=C\C(=C)c1ccccc1-c1ccccc1Nc1ccc(-c2ccc(N3C=C(CCC=C)c4ccccc4-c4ccccc43)cc2C)c(C)c1.CC. The van der Waals surface area contributed by atoms with Crippen LogP contribution in [0.25, 0.3) is 44.5 Å².